The Bertz CT molecular complexity index is 208. The lowest BCUT2D eigenvalue weighted by molar-refractivity contribution is 0.0916. The van der Waals surface area contributed by atoms with Crippen LogP contribution in [0.1, 0.15) is 46.5 Å². The van der Waals surface area contributed by atoms with E-state index >= 15 is 0 Å². The van der Waals surface area contributed by atoms with E-state index < -0.39 is 0 Å². The zero-order valence-corrected chi connectivity index (χ0v) is 12.9. The maximum atomic E-state index is 3.57. The van der Waals surface area contributed by atoms with E-state index in [0.29, 0.717) is 6.04 Å². The van der Waals surface area contributed by atoms with Crippen LogP contribution in [0.2, 0.25) is 0 Å². The van der Waals surface area contributed by atoms with Gasteiger partial charge in [-0.25, -0.2) is 0 Å². The summed E-state index contributed by atoms with van der Waals surface area (Å²) in [4.78, 5) is 5.17. The highest BCUT2D eigenvalue weighted by atomic mass is 15.3. The predicted molar refractivity (Wildman–Crippen MR) is 80.1 cm³/mol. The second kappa shape index (κ2) is 8.89. The van der Waals surface area contributed by atoms with Crippen molar-refractivity contribution in [3.8, 4) is 0 Å². The Balaban J connectivity index is 2.12. The first-order valence-electron chi connectivity index (χ1n) is 7.83. The lowest BCUT2D eigenvalue weighted by atomic mass is 10.1. The van der Waals surface area contributed by atoms with Gasteiger partial charge in [0.2, 0.25) is 0 Å². The Morgan fingerprint density at radius 2 is 2.06 bits per heavy atom. The van der Waals surface area contributed by atoms with Gasteiger partial charge in [-0.3, -0.25) is 0 Å². The minimum absolute atomic E-state index is 0.680. The van der Waals surface area contributed by atoms with Gasteiger partial charge < -0.3 is 15.1 Å². The van der Waals surface area contributed by atoms with Crippen molar-refractivity contribution >= 4 is 0 Å². The van der Waals surface area contributed by atoms with Gasteiger partial charge in [-0.1, -0.05) is 13.8 Å². The van der Waals surface area contributed by atoms with Crippen LogP contribution < -0.4 is 5.32 Å². The van der Waals surface area contributed by atoms with Gasteiger partial charge in [-0.2, -0.15) is 0 Å². The summed E-state index contributed by atoms with van der Waals surface area (Å²) in [5.74, 6) is 0. The van der Waals surface area contributed by atoms with E-state index in [1.165, 1.54) is 51.9 Å². The van der Waals surface area contributed by atoms with Crippen LogP contribution in [0.4, 0.5) is 0 Å². The Morgan fingerprint density at radius 3 is 2.72 bits per heavy atom. The highest BCUT2D eigenvalue weighted by Gasteiger charge is 2.22. The lowest BCUT2D eigenvalue weighted by Gasteiger charge is -2.39. The normalized spacial score (nSPS) is 24.3. The predicted octanol–water partition coefficient (Wildman–Crippen LogP) is 2.18. The molecule has 3 heteroatoms. The summed E-state index contributed by atoms with van der Waals surface area (Å²) in [6.45, 7) is 13.1. The number of likely N-dealkylation sites (N-methyl/N-ethyl adjacent to an activating group) is 1. The molecule has 0 bridgehead atoms. The smallest absolute Gasteiger partial charge is 0.0218 e. The fourth-order valence-corrected chi connectivity index (χ4v) is 2.77. The monoisotopic (exact) mass is 255 g/mol. The van der Waals surface area contributed by atoms with Crippen LogP contribution in [0.5, 0.6) is 0 Å². The number of nitrogens with one attached hydrogen (secondary N) is 1. The molecule has 18 heavy (non-hydrogen) atoms. The van der Waals surface area contributed by atoms with Crippen LogP contribution >= 0.6 is 0 Å². The molecule has 0 aromatic carbocycles. The van der Waals surface area contributed by atoms with Crippen LogP contribution in [-0.4, -0.2) is 61.7 Å². The fraction of sp³-hybridized carbons (Fsp3) is 1.00. The average Bonchev–Trinajstić information content (AvgIpc) is 2.38. The van der Waals surface area contributed by atoms with E-state index in [9.17, 15) is 0 Å². The summed E-state index contributed by atoms with van der Waals surface area (Å²) >= 11 is 0. The van der Waals surface area contributed by atoms with Gasteiger partial charge in [-0.05, 0) is 52.7 Å². The largest absolute Gasteiger partial charge is 0.314 e. The highest BCUT2D eigenvalue weighted by Crippen LogP contribution is 2.11. The first-order chi connectivity index (χ1) is 8.67. The third-order valence-electron chi connectivity index (χ3n) is 4.19. The van der Waals surface area contributed by atoms with E-state index in [1.54, 1.807) is 0 Å². The van der Waals surface area contributed by atoms with Crippen molar-refractivity contribution in [2.75, 3.05) is 39.8 Å². The summed E-state index contributed by atoms with van der Waals surface area (Å²) in [5, 5.41) is 3.57. The van der Waals surface area contributed by atoms with Gasteiger partial charge in [0.05, 0.1) is 0 Å². The van der Waals surface area contributed by atoms with Crippen LogP contribution in [-0.2, 0) is 0 Å². The third-order valence-corrected chi connectivity index (χ3v) is 4.19. The number of hydrogen-bond donors (Lipinski definition) is 1. The van der Waals surface area contributed by atoms with Gasteiger partial charge in [0.15, 0.2) is 0 Å². The first kappa shape index (κ1) is 15.9. The number of piperazine rings is 1. The number of nitrogens with zero attached hydrogens (tertiary/aromatic N) is 2. The van der Waals surface area contributed by atoms with E-state index in [4.69, 9.17) is 0 Å². The molecule has 0 spiro atoms. The summed E-state index contributed by atoms with van der Waals surface area (Å²) in [6, 6.07) is 1.45. The second-order valence-corrected chi connectivity index (χ2v) is 5.84. The molecule has 1 rings (SSSR count). The zero-order chi connectivity index (χ0) is 13.4. The van der Waals surface area contributed by atoms with Gasteiger partial charge in [0, 0.05) is 31.7 Å². The van der Waals surface area contributed by atoms with Crippen molar-refractivity contribution in [3.05, 3.63) is 0 Å². The van der Waals surface area contributed by atoms with E-state index in [-0.39, 0.29) is 0 Å². The van der Waals surface area contributed by atoms with Crippen molar-refractivity contribution < 1.29 is 0 Å². The Labute approximate surface area is 114 Å². The first-order valence-corrected chi connectivity index (χ1v) is 7.83. The molecule has 0 saturated carbocycles. The third kappa shape index (κ3) is 5.68. The number of hydrogen-bond acceptors (Lipinski definition) is 3. The standard InChI is InChI=1S/C15H33N3/c1-5-9-16-14(3)8-7-10-18-12-11-17(4)15(6-2)13-18/h14-16H,5-13H2,1-4H3. The average molecular weight is 255 g/mol. The molecule has 0 amide bonds. The molecule has 1 saturated heterocycles. The van der Waals surface area contributed by atoms with Crippen molar-refractivity contribution in [3.63, 3.8) is 0 Å². The minimum atomic E-state index is 0.680. The molecule has 1 heterocycles. The molecule has 3 nitrogen and oxygen atoms in total. The lowest BCUT2D eigenvalue weighted by Crippen LogP contribution is -2.51. The van der Waals surface area contributed by atoms with Gasteiger partial charge in [0.25, 0.3) is 0 Å². The van der Waals surface area contributed by atoms with Gasteiger partial charge in [0.1, 0.15) is 0 Å². The maximum absolute atomic E-state index is 3.57. The molecule has 2 unspecified atom stereocenters. The molecule has 1 N–H and O–H groups in total. The molecule has 0 aromatic heterocycles. The van der Waals surface area contributed by atoms with Gasteiger partial charge >= 0.3 is 0 Å². The molecule has 1 aliphatic heterocycles. The van der Waals surface area contributed by atoms with Crippen LogP contribution in [0, 0.1) is 0 Å². The van der Waals surface area contributed by atoms with Crippen molar-refractivity contribution in [1.29, 1.82) is 0 Å². The molecule has 0 aliphatic carbocycles. The van der Waals surface area contributed by atoms with E-state index in [2.05, 4.69) is 42.9 Å². The van der Waals surface area contributed by atoms with Crippen molar-refractivity contribution in [2.45, 2.75) is 58.5 Å². The van der Waals surface area contributed by atoms with Crippen molar-refractivity contribution in [1.82, 2.24) is 15.1 Å². The Hall–Kier alpha value is -0.120. The van der Waals surface area contributed by atoms with Crippen molar-refractivity contribution in [2.24, 2.45) is 0 Å². The molecule has 1 fully saturated rings. The highest BCUT2D eigenvalue weighted by molar-refractivity contribution is 4.79. The SMILES string of the molecule is CCCNC(C)CCCN1CCN(C)C(CC)C1. The Kier molecular flexibility index (Phi) is 7.87. The molecule has 1 aliphatic rings. The molecule has 0 aromatic rings. The van der Waals surface area contributed by atoms with Crippen LogP contribution in [0.3, 0.4) is 0 Å². The number of rotatable bonds is 8. The minimum Gasteiger partial charge on any atom is -0.314 e. The second-order valence-electron chi connectivity index (χ2n) is 5.84. The van der Waals surface area contributed by atoms with Gasteiger partial charge in [-0.15, -0.1) is 0 Å². The van der Waals surface area contributed by atoms with E-state index in [0.717, 1.165) is 12.6 Å². The quantitative estimate of drug-likeness (QED) is 0.717. The summed E-state index contributed by atoms with van der Waals surface area (Å²) in [5.41, 5.74) is 0. The van der Waals surface area contributed by atoms with E-state index in [1.807, 2.05) is 0 Å². The molecule has 2 atom stereocenters. The molecule has 108 valence electrons. The summed E-state index contributed by atoms with van der Waals surface area (Å²) < 4.78 is 0. The zero-order valence-electron chi connectivity index (χ0n) is 12.9. The Morgan fingerprint density at radius 1 is 1.28 bits per heavy atom. The summed E-state index contributed by atoms with van der Waals surface area (Å²) in [6.07, 6.45) is 5.16. The fourth-order valence-electron chi connectivity index (χ4n) is 2.77. The maximum Gasteiger partial charge on any atom is 0.0218 e. The topological polar surface area (TPSA) is 18.5 Å². The molecular weight excluding hydrogens is 222 g/mol. The molecular formula is C15H33N3. The summed E-state index contributed by atoms with van der Waals surface area (Å²) in [7, 11) is 2.27. The van der Waals surface area contributed by atoms with Crippen LogP contribution in [0.15, 0.2) is 0 Å². The van der Waals surface area contributed by atoms with Crippen LogP contribution in [0.25, 0.3) is 0 Å². The molecule has 0 radical (unpaired) electrons.